The van der Waals surface area contributed by atoms with E-state index in [1.54, 1.807) is 4.90 Å². The van der Waals surface area contributed by atoms with E-state index in [0.717, 1.165) is 19.3 Å². The molecule has 3 rings (SSSR count). The van der Waals surface area contributed by atoms with Crippen molar-refractivity contribution in [1.82, 2.24) is 9.21 Å². The number of aliphatic carboxylic acids is 1. The van der Waals surface area contributed by atoms with Crippen molar-refractivity contribution in [3.8, 4) is 0 Å². The van der Waals surface area contributed by atoms with Crippen LogP contribution in [-0.4, -0.2) is 60.3 Å². The number of carboxylic acids is 1. The molecular formula is C19H26N2O5S. The van der Waals surface area contributed by atoms with Gasteiger partial charge in [0.05, 0.1) is 11.3 Å². The number of nitrogens with zero attached hydrogens (tertiary/aromatic N) is 2. The van der Waals surface area contributed by atoms with Crippen molar-refractivity contribution in [3.63, 3.8) is 0 Å². The lowest BCUT2D eigenvalue weighted by Crippen LogP contribution is -2.39. The molecule has 1 N–H and O–H groups in total. The van der Waals surface area contributed by atoms with Crippen molar-refractivity contribution in [2.45, 2.75) is 50.0 Å². The van der Waals surface area contributed by atoms with Crippen LogP contribution in [0.1, 0.15) is 49.4 Å². The molecule has 1 aromatic carbocycles. The highest BCUT2D eigenvalue weighted by molar-refractivity contribution is 7.89. The third-order valence-electron chi connectivity index (χ3n) is 5.41. The summed E-state index contributed by atoms with van der Waals surface area (Å²) < 4.78 is 27.1. The fourth-order valence-electron chi connectivity index (χ4n) is 3.97. The van der Waals surface area contributed by atoms with E-state index in [2.05, 4.69) is 0 Å². The van der Waals surface area contributed by atoms with Crippen LogP contribution in [0.3, 0.4) is 0 Å². The van der Waals surface area contributed by atoms with Crippen molar-refractivity contribution in [2.75, 3.05) is 19.6 Å². The maximum Gasteiger partial charge on any atom is 0.305 e. The molecule has 7 nitrogen and oxygen atoms in total. The second-order valence-electron chi connectivity index (χ2n) is 7.53. The molecule has 2 saturated heterocycles. The molecule has 2 aliphatic rings. The van der Waals surface area contributed by atoms with Crippen LogP contribution in [0.2, 0.25) is 0 Å². The van der Waals surface area contributed by atoms with Crippen molar-refractivity contribution in [3.05, 3.63) is 29.8 Å². The number of hydrogen-bond donors (Lipinski definition) is 1. The van der Waals surface area contributed by atoms with Gasteiger partial charge in [0.15, 0.2) is 0 Å². The van der Waals surface area contributed by atoms with Gasteiger partial charge in [-0.2, -0.15) is 4.31 Å². The maximum atomic E-state index is 12.8. The average molecular weight is 394 g/mol. The molecule has 2 heterocycles. The summed E-state index contributed by atoms with van der Waals surface area (Å²) in [7, 11) is -3.55. The van der Waals surface area contributed by atoms with Crippen LogP contribution in [0.15, 0.2) is 29.2 Å². The Morgan fingerprint density at radius 3 is 2.41 bits per heavy atom. The Balaban J connectivity index is 1.75. The Labute approximate surface area is 160 Å². The third kappa shape index (κ3) is 4.32. The Kier molecular flexibility index (Phi) is 5.86. The Morgan fingerprint density at radius 2 is 1.78 bits per heavy atom. The molecule has 2 atom stereocenters. The summed E-state index contributed by atoms with van der Waals surface area (Å²) in [5.41, 5.74) is 0.387. The zero-order chi connectivity index (χ0) is 19.6. The molecule has 0 bridgehead atoms. The lowest BCUT2D eigenvalue weighted by Gasteiger charge is -2.30. The number of likely N-dealkylation sites (tertiary alicyclic amines) is 1. The zero-order valence-electron chi connectivity index (χ0n) is 15.5. The SMILES string of the molecule is CC1CCCN(S(=O)(=O)c2ccc(C(=O)N3CCCC3CC(=O)O)cc2)C1. The highest BCUT2D eigenvalue weighted by atomic mass is 32.2. The summed E-state index contributed by atoms with van der Waals surface area (Å²) in [5.74, 6) is -0.818. The number of carbonyl (C=O) groups is 2. The number of benzene rings is 1. The highest BCUT2D eigenvalue weighted by Crippen LogP contribution is 2.25. The van der Waals surface area contributed by atoms with Gasteiger partial charge in [0.2, 0.25) is 10.0 Å². The maximum absolute atomic E-state index is 12.8. The number of hydrogen-bond acceptors (Lipinski definition) is 4. The monoisotopic (exact) mass is 394 g/mol. The second-order valence-corrected chi connectivity index (χ2v) is 9.47. The fourth-order valence-corrected chi connectivity index (χ4v) is 5.56. The average Bonchev–Trinajstić information content (AvgIpc) is 3.08. The minimum Gasteiger partial charge on any atom is -0.481 e. The molecule has 0 radical (unpaired) electrons. The van der Waals surface area contributed by atoms with Crippen molar-refractivity contribution < 1.29 is 23.1 Å². The molecule has 0 saturated carbocycles. The smallest absolute Gasteiger partial charge is 0.305 e. The van der Waals surface area contributed by atoms with E-state index in [-0.39, 0.29) is 23.3 Å². The summed E-state index contributed by atoms with van der Waals surface area (Å²) in [6.07, 6.45) is 3.29. The number of sulfonamides is 1. The first-order valence-corrected chi connectivity index (χ1v) is 10.9. The molecule has 2 fully saturated rings. The molecule has 2 unspecified atom stereocenters. The predicted molar refractivity (Wildman–Crippen MR) is 99.9 cm³/mol. The van der Waals surface area contributed by atoms with E-state index < -0.39 is 16.0 Å². The van der Waals surface area contributed by atoms with Crippen LogP contribution in [0.4, 0.5) is 0 Å². The largest absolute Gasteiger partial charge is 0.481 e. The number of piperidine rings is 1. The molecule has 0 aromatic heterocycles. The molecule has 27 heavy (non-hydrogen) atoms. The van der Waals surface area contributed by atoms with Crippen LogP contribution in [0, 0.1) is 5.92 Å². The van der Waals surface area contributed by atoms with Crippen molar-refractivity contribution >= 4 is 21.9 Å². The minimum absolute atomic E-state index is 0.0641. The zero-order valence-corrected chi connectivity index (χ0v) is 16.3. The van der Waals surface area contributed by atoms with Crippen LogP contribution in [0.5, 0.6) is 0 Å². The Bertz CT molecular complexity index is 806. The summed E-state index contributed by atoms with van der Waals surface area (Å²) >= 11 is 0. The first kappa shape index (κ1) is 19.8. The van der Waals surface area contributed by atoms with Gasteiger partial charge in [-0.05, 0) is 55.9 Å². The quantitative estimate of drug-likeness (QED) is 0.826. The van der Waals surface area contributed by atoms with Crippen LogP contribution >= 0.6 is 0 Å². The molecule has 1 aromatic rings. The van der Waals surface area contributed by atoms with Crippen molar-refractivity contribution in [1.29, 1.82) is 0 Å². The number of amides is 1. The van der Waals surface area contributed by atoms with Gasteiger partial charge < -0.3 is 10.0 Å². The summed E-state index contributed by atoms with van der Waals surface area (Å²) in [6.45, 7) is 3.63. The standard InChI is InChI=1S/C19H26N2O5S/c1-14-4-2-10-20(13-14)27(25,26)17-8-6-15(7-9-17)19(24)21-11-3-5-16(21)12-18(22)23/h6-9,14,16H,2-5,10-13H2,1H3,(H,22,23). The molecule has 148 valence electrons. The lowest BCUT2D eigenvalue weighted by atomic mass is 10.0. The summed E-state index contributed by atoms with van der Waals surface area (Å²) in [6, 6.07) is 5.71. The number of carbonyl (C=O) groups excluding carboxylic acids is 1. The summed E-state index contributed by atoms with van der Waals surface area (Å²) in [4.78, 5) is 25.5. The van der Waals surface area contributed by atoms with Crippen LogP contribution in [-0.2, 0) is 14.8 Å². The van der Waals surface area contributed by atoms with Gasteiger partial charge in [-0.3, -0.25) is 9.59 Å². The minimum atomic E-state index is -3.55. The Morgan fingerprint density at radius 1 is 1.11 bits per heavy atom. The van der Waals surface area contributed by atoms with Crippen LogP contribution in [0.25, 0.3) is 0 Å². The number of carboxylic acid groups (broad SMARTS) is 1. The molecular weight excluding hydrogens is 368 g/mol. The molecule has 8 heteroatoms. The molecule has 2 aliphatic heterocycles. The topological polar surface area (TPSA) is 95.0 Å². The normalized spacial score (nSPS) is 24.1. The highest BCUT2D eigenvalue weighted by Gasteiger charge is 2.32. The van der Waals surface area contributed by atoms with Gasteiger partial charge in [0.25, 0.3) is 5.91 Å². The van der Waals surface area contributed by atoms with E-state index >= 15 is 0 Å². The van der Waals surface area contributed by atoms with Crippen molar-refractivity contribution in [2.24, 2.45) is 5.92 Å². The van der Waals surface area contributed by atoms with Gasteiger partial charge in [-0.25, -0.2) is 8.42 Å². The van der Waals surface area contributed by atoms with Gasteiger partial charge in [0, 0.05) is 31.2 Å². The lowest BCUT2D eigenvalue weighted by molar-refractivity contribution is -0.137. The van der Waals surface area contributed by atoms with E-state index in [1.165, 1.54) is 28.6 Å². The van der Waals surface area contributed by atoms with Gasteiger partial charge in [-0.1, -0.05) is 6.92 Å². The molecule has 0 aliphatic carbocycles. The van der Waals surface area contributed by atoms with Gasteiger partial charge in [0.1, 0.15) is 0 Å². The van der Waals surface area contributed by atoms with Gasteiger partial charge >= 0.3 is 5.97 Å². The van der Waals surface area contributed by atoms with E-state index in [1.807, 2.05) is 6.92 Å². The fraction of sp³-hybridized carbons (Fsp3) is 0.579. The molecule has 1 amide bonds. The summed E-state index contributed by atoms with van der Waals surface area (Å²) in [5, 5.41) is 9.00. The Hall–Kier alpha value is -1.93. The molecule has 0 spiro atoms. The first-order chi connectivity index (χ1) is 12.8. The first-order valence-electron chi connectivity index (χ1n) is 9.42. The van der Waals surface area contributed by atoms with E-state index in [0.29, 0.717) is 37.5 Å². The third-order valence-corrected chi connectivity index (χ3v) is 7.29. The number of rotatable bonds is 5. The van der Waals surface area contributed by atoms with E-state index in [4.69, 9.17) is 5.11 Å². The predicted octanol–water partition coefficient (Wildman–Crippen LogP) is 2.19. The van der Waals surface area contributed by atoms with Gasteiger partial charge in [-0.15, -0.1) is 0 Å². The van der Waals surface area contributed by atoms with E-state index in [9.17, 15) is 18.0 Å². The second kappa shape index (κ2) is 7.98. The van der Waals surface area contributed by atoms with Crippen LogP contribution < -0.4 is 0 Å².